The van der Waals surface area contributed by atoms with Gasteiger partial charge in [-0.3, -0.25) is 0 Å². The number of fused-ring (bicyclic) bond motifs is 1. The summed E-state index contributed by atoms with van der Waals surface area (Å²) in [7, 11) is 0. The Morgan fingerprint density at radius 1 is 1.44 bits per heavy atom. The molecule has 7 heteroatoms. The summed E-state index contributed by atoms with van der Waals surface area (Å²) in [5, 5.41) is 9.93. The standard InChI is InChI=1S/C18H18N6S/c1-3-4-5-8-24-17-15(16(20)21-11-22-17)23-18(24)25-14-7-6-13(10-19)12(2)9-14/h1,6-7,9,11,15,17H,4-5,8H2,2H3,(H2,20,21,22). The summed E-state index contributed by atoms with van der Waals surface area (Å²) in [6, 6.07) is 7.69. The number of nitrogens with two attached hydrogens (primary N) is 1. The Morgan fingerprint density at radius 3 is 3.00 bits per heavy atom. The van der Waals surface area contributed by atoms with E-state index in [2.05, 4.69) is 26.9 Å². The largest absolute Gasteiger partial charge is 0.385 e. The minimum absolute atomic E-state index is 0.155. The Kier molecular flexibility index (Phi) is 5.06. The minimum Gasteiger partial charge on any atom is -0.385 e. The second kappa shape index (κ2) is 7.42. The Hall–Kier alpha value is -2.77. The molecule has 126 valence electrons. The lowest BCUT2D eigenvalue weighted by Crippen LogP contribution is -2.45. The molecule has 2 unspecified atom stereocenters. The number of hydrogen-bond donors (Lipinski definition) is 1. The van der Waals surface area contributed by atoms with Gasteiger partial charge < -0.3 is 10.6 Å². The molecule has 6 nitrogen and oxygen atoms in total. The molecule has 0 amide bonds. The van der Waals surface area contributed by atoms with Crippen molar-refractivity contribution in [1.82, 2.24) is 4.90 Å². The normalized spacial score (nSPS) is 21.2. The van der Waals surface area contributed by atoms with Crippen LogP contribution in [0.1, 0.15) is 24.0 Å². The molecule has 0 aromatic heterocycles. The Bertz CT molecular complexity index is 842. The van der Waals surface area contributed by atoms with Gasteiger partial charge in [-0.2, -0.15) is 5.26 Å². The molecule has 2 atom stereocenters. The van der Waals surface area contributed by atoms with Crippen molar-refractivity contribution in [2.45, 2.75) is 36.9 Å². The molecular formula is C18H18N6S. The molecular weight excluding hydrogens is 332 g/mol. The number of terminal acetylenes is 1. The lowest BCUT2D eigenvalue weighted by molar-refractivity contribution is 0.336. The summed E-state index contributed by atoms with van der Waals surface area (Å²) in [5.41, 5.74) is 7.63. The van der Waals surface area contributed by atoms with E-state index < -0.39 is 0 Å². The van der Waals surface area contributed by atoms with Crippen LogP contribution in [0.25, 0.3) is 0 Å². The third-order valence-electron chi connectivity index (χ3n) is 4.07. The van der Waals surface area contributed by atoms with Gasteiger partial charge >= 0.3 is 0 Å². The van der Waals surface area contributed by atoms with Crippen molar-refractivity contribution < 1.29 is 0 Å². The maximum atomic E-state index is 9.08. The maximum absolute atomic E-state index is 9.08. The molecule has 0 saturated heterocycles. The Morgan fingerprint density at radius 2 is 2.28 bits per heavy atom. The van der Waals surface area contributed by atoms with E-state index >= 15 is 0 Å². The molecule has 1 aromatic carbocycles. The summed E-state index contributed by atoms with van der Waals surface area (Å²) in [5.74, 6) is 3.15. The van der Waals surface area contributed by atoms with Crippen LogP contribution in [0.5, 0.6) is 0 Å². The van der Waals surface area contributed by atoms with E-state index in [1.807, 2.05) is 25.1 Å². The molecule has 3 rings (SSSR count). The summed E-state index contributed by atoms with van der Waals surface area (Å²) < 4.78 is 0. The van der Waals surface area contributed by atoms with Crippen LogP contribution in [0.15, 0.2) is 38.1 Å². The number of rotatable bonds is 4. The van der Waals surface area contributed by atoms with Gasteiger partial charge in [0.05, 0.1) is 11.6 Å². The molecule has 0 saturated carbocycles. The monoisotopic (exact) mass is 350 g/mol. The van der Waals surface area contributed by atoms with Crippen molar-refractivity contribution in [3.8, 4) is 18.4 Å². The number of amidine groups is 2. The number of nitrogens with zero attached hydrogens (tertiary/aromatic N) is 5. The summed E-state index contributed by atoms with van der Waals surface area (Å²) in [6.45, 7) is 2.69. The predicted octanol–water partition coefficient (Wildman–Crippen LogP) is 2.14. The first-order chi connectivity index (χ1) is 12.1. The van der Waals surface area contributed by atoms with E-state index in [9.17, 15) is 0 Å². The lowest BCUT2D eigenvalue weighted by atomic mass is 10.1. The number of benzene rings is 1. The number of nitriles is 1. The summed E-state index contributed by atoms with van der Waals surface area (Å²) in [6.07, 6.45) is 8.28. The van der Waals surface area contributed by atoms with Crippen LogP contribution in [0.4, 0.5) is 0 Å². The van der Waals surface area contributed by atoms with E-state index in [0.717, 1.165) is 28.6 Å². The lowest BCUT2D eigenvalue weighted by Gasteiger charge is -2.27. The fourth-order valence-electron chi connectivity index (χ4n) is 2.76. The fourth-order valence-corrected chi connectivity index (χ4v) is 3.83. The van der Waals surface area contributed by atoms with Crippen molar-refractivity contribution in [3.05, 3.63) is 29.3 Å². The van der Waals surface area contributed by atoms with E-state index in [-0.39, 0.29) is 12.2 Å². The number of aryl methyl sites for hydroxylation is 1. The zero-order valence-corrected chi connectivity index (χ0v) is 14.7. The molecule has 0 radical (unpaired) electrons. The van der Waals surface area contributed by atoms with Crippen LogP contribution in [0, 0.1) is 30.6 Å². The number of hydrogen-bond acceptors (Lipinski definition) is 7. The van der Waals surface area contributed by atoms with Crippen molar-refractivity contribution in [2.75, 3.05) is 6.54 Å². The molecule has 0 bridgehead atoms. The van der Waals surface area contributed by atoms with Crippen LogP contribution >= 0.6 is 11.8 Å². The highest BCUT2D eigenvalue weighted by Crippen LogP contribution is 2.32. The molecule has 2 aliphatic rings. The third-order valence-corrected chi connectivity index (χ3v) is 5.09. The van der Waals surface area contributed by atoms with Gasteiger partial charge in [-0.25, -0.2) is 15.0 Å². The van der Waals surface area contributed by atoms with Gasteiger partial charge in [0.1, 0.15) is 12.2 Å². The average molecular weight is 350 g/mol. The van der Waals surface area contributed by atoms with Gasteiger partial charge in [0.2, 0.25) is 0 Å². The molecule has 0 aliphatic carbocycles. The van der Waals surface area contributed by atoms with Crippen molar-refractivity contribution in [1.29, 1.82) is 5.26 Å². The molecule has 1 aromatic rings. The van der Waals surface area contributed by atoms with E-state index in [1.165, 1.54) is 6.34 Å². The molecule has 2 N–H and O–H groups in total. The summed E-state index contributed by atoms with van der Waals surface area (Å²) >= 11 is 1.55. The van der Waals surface area contributed by atoms with E-state index in [0.29, 0.717) is 17.8 Å². The Balaban J connectivity index is 1.84. The van der Waals surface area contributed by atoms with Crippen LogP contribution in [0.2, 0.25) is 0 Å². The van der Waals surface area contributed by atoms with Gasteiger partial charge in [0.25, 0.3) is 0 Å². The molecule has 2 aliphatic heterocycles. The van der Waals surface area contributed by atoms with Gasteiger partial charge in [-0.15, -0.1) is 12.3 Å². The average Bonchev–Trinajstić information content (AvgIpc) is 2.94. The number of aliphatic imine (C=N–C) groups is 3. The number of thioether (sulfide) groups is 1. The minimum atomic E-state index is -0.252. The zero-order chi connectivity index (χ0) is 17.8. The SMILES string of the molecule is C#CCCCN1C(Sc2ccc(C#N)c(C)c2)=NC2C(N)=NC=NC21. The van der Waals surface area contributed by atoms with E-state index in [4.69, 9.17) is 22.4 Å². The predicted molar refractivity (Wildman–Crippen MR) is 102 cm³/mol. The Labute approximate surface area is 151 Å². The maximum Gasteiger partial charge on any atom is 0.166 e. The highest BCUT2D eigenvalue weighted by molar-refractivity contribution is 8.13. The van der Waals surface area contributed by atoms with Crippen LogP contribution in [-0.4, -0.2) is 41.0 Å². The van der Waals surface area contributed by atoms with Gasteiger partial charge in [0, 0.05) is 17.9 Å². The quantitative estimate of drug-likeness (QED) is 0.665. The first-order valence-electron chi connectivity index (χ1n) is 7.95. The topological polar surface area (TPSA) is 90.1 Å². The van der Waals surface area contributed by atoms with Crippen molar-refractivity contribution in [2.24, 2.45) is 20.7 Å². The molecule has 2 heterocycles. The first-order valence-corrected chi connectivity index (χ1v) is 8.77. The van der Waals surface area contributed by atoms with Crippen LogP contribution in [0.3, 0.4) is 0 Å². The van der Waals surface area contributed by atoms with Crippen LogP contribution in [-0.2, 0) is 0 Å². The van der Waals surface area contributed by atoms with Crippen molar-refractivity contribution in [3.63, 3.8) is 0 Å². The first kappa shape index (κ1) is 17.1. The second-order valence-corrected chi connectivity index (χ2v) is 6.82. The van der Waals surface area contributed by atoms with E-state index in [1.54, 1.807) is 11.8 Å². The highest BCUT2D eigenvalue weighted by Gasteiger charge is 2.39. The fraction of sp³-hybridized carbons (Fsp3) is 0.333. The highest BCUT2D eigenvalue weighted by atomic mass is 32.2. The smallest absolute Gasteiger partial charge is 0.166 e. The van der Waals surface area contributed by atoms with Crippen molar-refractivity contribution >= 4 is 29.1 Å². The molecule has 0 fully saturated rings. The molecule has 0 spiro atoms. The van der Waals surface area contributed by atoms with Gasteiger partial charge in [0.15, 0.2) is 17.4 Å². The third kappa shape index (κ3) is 3.52. The molecule has 25 heavy (non-hydrogen) atoms. The second-order valence-electron chi connectivity index (χ2n) is 5.78. The number of unbranched alkanes of at least 4 members (excludes halogenated alkanes) is 1. The van der Waals surface area contributed by atoms with Crippen LogP contribution < -0.4 is 5.73 Å². The van der Waals surface area contributed by atoms with Gasteiger partial charge in [-0.05, 0) is 37.1 Å². The van der Waals surface area contributed by atoms with Gasteiger partial charge in [-0.1, -0.05) is 11.8 Å². The zero-order valence-electron chi connectivity index (χ0n) is 13.9. The summed E-state index contributed by atoms with van der Waals surface area (Å²) in [4.78, 5) is 16.4.